The molecule has 0 atom stereocenters. The zero-order valence-electron chi connectivity index (χ0n) is 13.2. The quantitative estimate of drug-likeness (QED) is 0.533. The molecule has 6 nitrogen and oxygen atoms in total. The van der Waals surface area contributed by atoms with Crippen LogP contribution in [0.25, 0.3) is 0 Å². The molecule has 10 heteroatoms. The highest BCUT2D eigenvalue weighted by Gasteiger charge is 2.18. The van der Waals surface area contributed by atoms with Gasteiger partial charge in [-0.25, -0.2) is 4.68 Å². The summed E-state index contributed by atoms with van der Waals surface area (Å²) in [7, 11) is -2.37. The lowest BCUT2D eigenvalue weighted by Crippen LogP contribution is -2.09. The summed E-state index contributed by atoms with van der Waals surface area (Å²) < 4.78 is 36.7. The van der Waals surface area contributed by atoms with E-state index in [2.05, 4.69) is 5.10 Å². The number of ether oxygens (including phenoxy) is 1. The van der Waals surface area contributed by atoms with Gasteiger partial charge in [0.15, 0.2) is 5.15 Å². The Labute approximate surface area is 164 Å². The second-order valence-corrected chi connectivity index (χ2v) is 7.82. The smallest absolute Gasteiger partial charge is 0.339 e. The van der Waals surface area contributed by atoms with E-state index in [1.165, 1.54) is 53.2 Å². The normalized spacial score (nSPS) is 11.4. The van der Waals surface area contributed by atoms with Gasteiger partial charge in [0.05, 0.1) is 0 Å². The van der Waals surface area contributed by atoms with Gasteiger partial charge in [-0.05, 0) is 48.5 Å². The van der Waals surface area contributed by atoms with Crippen LogP contribution in [0.3, 0.4) is 0 Å². The summed E-state index contributed by atoms with van der Waals surface area (Å²) in [6.07, 6.45) is 0. The largest absolute Gasteiger partial charge is 0.438 e. The molecule has 3 aromatic rings. The van der Waals surface area contributed by atoms with Crippen molar-refractivity contribution in [2.24, 2.45) is 7.05 Å². The number of hydrogen-bond acceptors (Lipinski definition) is 5. The van der Waals surface area contributed by atoms with Gasteiger partial charge in [-0.3, -0.25) is 0 Å². The SMILES string of the molecule is Cn1nc(Cl)c(Cl)c1Oc1ccc(S(=O)(=O)Oc2ccc(Cl)cc2)cc1. The molecule has 3 rings (SSSR count). The predicted molar refractivity (Wildman–Crippen MR) is 99.0 cm³/mol. The second-order valence-electron chi connectivity index (χ2n) is 5.10. The summed E-state index contributed by atoms with van der Waals surface area (Å²) in [6.45, 7) is 0. The zero-order valence-corrected chi connectivity index (χ0v) is 16.3. The molecular weight excluding hydrogens is 423 g/mol. The second kappa shape index (κ2) is 7.36. The van der Waals surface area contributed by atoms with Gasteiger partial charge >= 0.3 is 10.1 Å². The van der Waals surface area contributed by atoms with E-state index in [9.17, 15) is 8.42 Å². The zero-order chi connectivity index (χ0) is 18.9. The third-order valence-electron chi connectivity index (χ3n) is 3.25. The first kappa shape index (κ1) is 18.8. The molecule has 0 radical (unpaired) electrons. The highest BCUT2D eigenvalue weighted by atomic mass is 35.5. The molecule has 0 saturated heterocycles. The maximum Gasteiger partial charge on any atom is 0.339 e. The van der Waals surface area contributed by atoms with E-state index in [0.717, 1.165) is 0 Å². The molecule has 0 N–H and O–H groups in total. The minimum absolute atomic E-state index is 0.0334. The van der Waals surface area contributed by atoms with Crippen molar-refractivity contribution in [3.63, 3.8) is 0 Å². The van der Waals surface area contributed by atoms with E-state index in [0.29, 0.717) is 10.8 Å². The maximum atomic E-state index is 12.3. The molecule has 1 heterocycles. The molecule has 0 aliphatic heterocycles. The van der Waals surface area contributed by atoms with Gasteiger partial charge in [0, 0.05) is 12.1 Å². The van der Waals surface area contributed by atoms with E-state index in [1.807, 2.05) is 0 Å². The lowest BCUT2D eigenvalue weighted by atomic mass is 10.3. The molecule has 26 heavy (non-hydrogen) atoms. The maximum absolute atomic E-state index is 12.3. The van der Waals surface area contributed by atoms with Crippen LogP contribution in [0.15, 0.2) is 53.4 Å². The van der Waals surface area contributed by atoms with Crippen LogP contribution in [0.2, 0.25) is 15.2 Å². The number of hydrogen-bond donors (Lipinski definition) is 0. The number of aromatic nitrogens is 2. The minimum Gasteiger partial charge on any atom is -0.438 e. The molecular formula is C16H11Cl3N2O4S. The lowest BCUT2D eigenvalue weighted by molar-refractivity contribution is 0.430. The first-order chi connectivity index (χ1) is 12.3. The van der Waals surface area contributed by atoms with Crippen molar-refractivity contribution in [3.05, 3.63) is 63.7 Å². The van der Waals surface area contributed by atoms with Crippen LogP contribution in [0.4, 0.5) is 0 Å². The van der Waals surface area contributed by atoms with Crippen molar-refractivity contribution in [2.45, 2.75) is 4.90 Å². The molecule has 0 amide bonds. The molecule has 1 aromatic heterocycles. The van der Waals surface area contributed by atoms with Crippen LogP contribution in [0.1, 0.15) is 0 Å². The van der Waals surface area contributed by atoms with Crippen LogP contribution in [-0.4, -0.2) is 18.2 Å². The van der Waals surface area contributed by atoms with Crippen molar-refractivity contribution >= 4 is 44.9 Å². The summed E-state index contributed by atoms with van der Waals surface area (Å²) in [5.74, 6) is 0.757. The highest BCUT2D eigenvalue weighted by Crippen LogP contribution is 2.34. The molecule has 0 fully saturated rings. The van der Waals surface area contributed by atoms with Crippen LogP contribution < -0.4 is 8.92 Å². The molecule has 0 saturated carbocycles. The fraction of sp³-hybridized carbons (Fsp3) is 0.0625. The van der Waals surface area contributed by atoms with Crippen molar-refractivity contribution in [1.82, 2.24) is 9.78 Å². The fourth-order valence-corrected chi connectivity index (χ4v) is 3.46. The van der Waals surface area contributed by atoms with E-state index < -0.39 is 10.1 Å². The lowest BCUT2D eigenvalue weighted by Gasteiger charge is -2.09. The summed E-state index contributed by atoms with van der Waals surface area (Å²) >= 11 is 17.6. The Balaban J connectivity index is 1.79. The average molecular weight is 434 g/mol. The van der Waals surface area contributed by atoms with E-state index >= 15 is 0 Å². The van der Waals surface area contributed by atoms with Gasteiger partial charge in [0.2, 0.25) is 5.88 Å². The molecule has 0 aliphatic rings. The highest BCUT2D eigenvalue weighted by molar-refractivity contribution is 7.87. The summed E-state index contributed by atoms with van der Waals surface area (Å²) in [5.41, 5.74) is 0. The van der Waals surface area contributed by atoms with Gasteiger partial charge in [0.1, 0.15) is 21.4 Å². The predicted octanol–water partition coefficient (Wildman–Crippen LogP) is 4.94. The van der Waals surface area contributed by atoms with Gasteiger partial charge in [0.25, 0.3) is 0 Å². The minimum atomic E-state index is -3.99. The number of halogens is 3. The monoisotopic (exact) mass is 432 g/mol. The summed E-state index contributed by atoms with van der Waals surface area (Å²) in [6, 6.07) is 11.6. The Morgan fingerprint density at radius 1 is 0.923 bits per heavy atom. The van der Waals surface area contributed by atoms with Gasteiger partial charge < -0.3 is 8.92 Å². The Morgan fingerprint density at radius 2 is 1.50 bits per heavy atom. The first-order valence-electron chi connectivity index (χ1n) is 7.12. The van der Waals surface area contributed by atoms with Crippen LogP contribution in [-0.2, 0) is 17.2 Å². The standard InChI is InChI=1S/C16H11Cl3N2O4S/c1-21-16(14(18)15(19)20-21)24-11-6-8-13(9-7-11)26(22,23)25-12-4-2-10(17)3-5-12/h2-9H,1H3. The number of rotatable bonds is 5. The Hall–Kier alpha value is -1.93. The van der Waals surface area contributed by atoms with Gasteiger partial charge in [-0.1, -0.05) is 34.8 Å². The molecule has 2 aromatic carbocycles. The third-order valence-corrected chi connectivity index (χ3v) is 5.46. The van der Waals surface area contributed by atoms with E-state index in [-0.39, 0.29) is 26.7 Å². The van der Waals surface area contributed by atoms with Crippen molar-refractivity contribution in [2.75, 3.05) is 0 Å². The average Bonchev–Trinajstić information content (AvgIpc) is 2.83. The third kappa shape index (κ3) is 4.07. The van der Waals surface area contributed by atoms with E-state index in [4.69, 9.17) is 43.7 Å². The summed E-state index contributed by atoms with van der Waals surface area (Å²) in [4.78, 5) is -0.0334. The molecule has 0 aliphatic carbocycles. The number of benzene rings is 2. The molecule has 0 unspecified atom stereocenters. The van der Waals surface area contributed by atoms with Crippen molar-refractivity contribution in [1.29, 1.82) is 0 Å². The van der Waals surface area contributed by atoms with Gasteiger partial charge in [-0.15, -0.1) is 0 Å². The Bertz CT molecular complexity index is 1030. The van der Waals surface area contributed by atoms with Crippen LogP contribution in [0.5, 0.6) is 17.4 Å². The van der Waals surface area contributed by atoms with Gasteiger partial charge in [-0.2, -0.15) is 13.5 Å². The van der Waals surface area contributed by atoms with Crippen molar-refractivity contribution < 1.29 is 17.3 Å². The van der Waals surface area contributed by atoms with E-state index in [1.54, 1.807) is 7.05 Å². The Kier molecular flexibility index (Phi) is 5.34. The van der Waals surface area contributed by atoms with Crippen LogP contribution in [0, 0.1) is 0 Å². The van der Waals surface area contributed by atoms with Crippen molar-refractivity contribution in [3.8, 4) is 17.4 Å². The summed E-state index contributed by atoms with van der Waals surface area (Å²) in [5, 5.41) is 4.67. The fourth-order valence-electron chi connectivity index (χ4n) is 2.01. The molecule has 0 spiro atoms. The first-order valence-corrected chi connectivity index (χ1v) is 9.66. The molecule has 0 bridgehead atoms. The molecule has 136 valence electrons. The Morgan fingerprint density at radius 3 is 2.04 bits per heavy atom. The number of aryl methyl sites for hydroxylation is 1. The topological polar surface area (TPSA) is 70.4 Å². The number of nitrogens with zero attached hydrogens (tertiary/aromatic N) is 2. The van der Waals surface area contributed by atoms with Crippen LogP contribution >= 0.6 is 34.8 Å².